The van der Waals surface area contributed by atoms with Crippen LogP contribution in [0, 0.1) is 5.92 Å². The van der Waals surface area contributed by atoms with E-state index in [9.17, 15) is 14.4 Å². The Balaban J connectivity index is 1.04. The third-order valence-electron chi connectivity index (χ3n) is 7.67. The molecule has 3 aliphatic rings. The zero-order valence-corrected chi connectivity index (χ0v) is 23.7. The predicted octanol–water partition coefficient (Wildman–Crippen LogP) is 2.48. The van der Waals surface area contributed by atoms with Crippen LogP contribution in [-0.2, 0) is 16.1 Å². The van der Waals surface area contributed by atoms with Crippen molar-refractivity contribution in [3.63, 3.8) is 0 Å². The monoisotopic (exact) mass is 552 g/mol. The number of urea groups is 1. The molecule has 216 valence electrons. The fourth-order valence-corrected chi connectivity index (χ4v) is 5.42. The summed E-state index contributed by atoms with van der Waals surface area (Å²) in [5.41, 5.74) is 1.65. The van der Waals surface area contributed by atoms with Crippen molar-refractivity contribution in [3.8, 4) is 5.69 Å². The molecule has 0 unspecified atom stereocenters. The van der Waals surface area contributed by atoms with E-state index >= 15 is 0 Å². The molecule has 0 bridgehead atoms. The summed E-state index contributed by atoms with van der Waals surface area (Å²) in [5.74, 6) is 0.769. The molecule has 3 saturated heterocycles. The number of carbonyl (C=O) groups is 3. The molecule has 0 saturated carbocycles. The average molecular weight is 553 g/mol. The van der Waals surface area contributed by atoms with E-state index in [4.69, 9.17) is 4.74 Å². The van der Waals surface area contributed by atoms with Crippen molar-refractivity contribution >= 4 is 23.8 Å². The summed E-state index contributed by atoms with van der Waals surface area (Å²) in [6.07, 6.45) is 3.82. The van der Waals surface area contributed by atoms with Crippen LogP contribution >= 0.6 is 0 Å². The first-order chi connectivity index (χ1) is 19.1. The number of likely N-dealkylation sites (tertiary alicyclic amines) is 1. The number of piperazine rings is 1. The lowest BCUT2D eigenvalue weighted by Gasteiger charge is -2.39. The Hall–Kier alpha value is -3.51. The predicted molar refractivity (Wildman–Crippen MR) is 149 cm³/mol. The first-order valence-corrected chi connectivity index (χ1v) is 14.2. The molecule has 5 rings (SSSR count). The lowest BCUT2D eigenvalue weighted by atomic mass is 9.96. The molecule has 0 radical (unpaired) electrons. The van der Waals surface area contributed by atoms with Crippen molar-refractivity contribution in [1.82, 2.24) is 35.0 Å². The topological polar surface area (TPSA) is 116 Å². The SMILES string of the molecule is CC(C)(C)OC(=O)N1CCC(CN2CCN(Cc3ccc(-n4cc(N5CCC(=O)NC5=O)nn4)cc3)CC2)CC1. The Morgan fingerprint density at radius 3 is 2.30 bits per heavy atom. The van der Waals surface area contributed by atoms with Crippen molar-refractivity contribution in [3.05, 3.63) is 36.0 Å². The van der Waals surface area contributed by atoms with Crippen LogP contribution in [0.15, 0.2) is 30.5 Å². The van der Waals surface area contributed by atoms with Crippen molar-refractivity contribution in [1.29, 1.82) is 0 Å². The number of carbonyl (C=O) groups excluding carboxylic acids is 3. The average Bonchev–Trinajstić information content (AvgIpc) is 3.40. The van der Waals surface area contributed by atoms with Crippen LogP contribution < -0.4 is 10.2 Å². The normalized spacial score (nSPS) is 20.1. The van der Waals surface area contributed by atoms with E-state index < -0.39 is 11.6 Å². The number of amides is 4. The maximum atomic E-state index is 12.3. The Bertz CT molecular complexity index is 1190. The fourth-order valence-electron chi connectivity index (χ4n) is 5.42. The van der Waals surface area contributed by atoms with Gasteiger partial charge in [-0.3, -0.25) is 19.9 Å². The molecule has 3 fully saturated rings. The van der Waals surface area contributed by atoms with E-state index in [1.54, 1.807) is 10.9 Å². The van der Waals surface area contributed by atoms with Gasteiger partial charge in [-0.1, -0.05) is 17.3 Å². The minimum atomic E-state index is -0.470. The molecule has 40 heavy (non-hydrogen) atoms. The van der Waals surface area contributed by atoms with Crippen molar-refractivity contribution in [2.24, 2.45) is 5.92 Å². The molecule has 12 nitrogen and oxygen atoms in total. The lowest BCUT2D eigenvalue weighted by molar-refractivity contribution is -0.120. The molecule has 3 aliphatic heterocycles. The molecule has 1 N–H and O–H groups in total. The molecule has 0 atom stereocenters. The highest BCUT2D eigenvalue weighted by Crippen LogP contribution is 2.22. The number of hydrogen-bond donors (Lipinski definition) is 1. The second kappa shape index (κ2) is 11.9. The van der Waals surface area contributed by atoms with Crippen LogP contribution in [0.25, 0.3) is 5.69 Å². The van der Waals surface area contributed by atoms with E-state index in [1.165, 1.54) is 10.5 Å². The number of rotatable bonds is 6. The highest BCUT2D eigenvalue weighted by atomic mass is 16.6. The van der Waals surface area contributed by atoms with Gasteiger partial charge in [0.1, 0.15) is 5.60 Å². The number of nitrogens with zero attached hydrogens (tertiary/aromatic N) is 7. The summed E-state index contributed by atoms with van der Waals surface area (Å²) in [6, 6.07) is 7.75. The van der Waals surface area contributed by atoms with Crippen LogP contribution in [0.1, 0.15) is 45.6 Å². The number of imide groups is 1. The summed E-state index contributed by atoms with van der Waals surface area (Å²) in [5, 5.41) is 10.6. The summed E-state index contributed by atoms with van der Waals surface area (Å²) in [7, 11) is 0. The van der Waals surface area contributed by atoms with Crippen LogP contribution in [0.2, 0.25) is 0 Å². The maximum Gasteiger partial charge on any atom is 0.410 e. The zero-order valence-electron chi connectivity index (χ0n) is 23.7. The van der Waals surface area contributed by atoms with Crippen molar-refractivity contribution in [2.75, 3.05) is 57.3 Å². The van der Waals surface area contributed by atoms with Gasteiger partial charge >= 0.3 is 12.1 Å². The first-order valence-electron chi connectivity index (χ1n) is 14.2. The highest BCUT2D eigenvalue weighted by Gasteiger charge is 2.29. The summed E-state index contributed by atoms with van der Waals surface area (Å²) >= 11 is 0. The third-order valence-corrected chi connectivity index (χ3v) is 7.67. The van der Waals surface area contributed by atoms with Gasteiger partial charge in [0, 0.05) is 65.3 Å². The Kier molecular flexibility index (Phi) is 8.36. The second-order valence-corrected chi connectivity index (χ2v) is 11.9. The fraction of sp³-hybridized carbons (Fsp3) is 0.607. The minimum absolute atomic E-state index is 0.191. The molecule has 1 aromatic heterocycles. The van der Waals surface area contributed by atoms with E-state index in [1.807, 2.05) is 37.8 Å². The molecule has 1 aromatic carbocycles. The molecule has 0 spiro atoms. The Morgan fingerprint density at radius 2 is 1.65 bits per heavy atom. The molecule has 0 aliphatic carbocycles. The number of hydrogen-bond acceptors (Lipinski definition) is 8. The van der Waals surface area contributed by atoms with Crippen LogP contribution in [0.5, 0.6) is 0 Å². The van der Waals surface area contributed by atoms with Gasteiger partial charge in [-0.15, -0.1) is 5.10 Å². The van der Waals surface area contributed by atoms with Gasteiger partial charge in [0.05, 0.1) is 11.9 Å². The number of anilines is 1. The quantitative estimate of drug-likeness (QED) is 0.581. The van der Waals surface area contributed by atoms with E-state index in [0.717, 1.165) is 70.9 Å². The van der Waals surface area contributed by atoms with Crippen molar-refractivity contribution in [2.45, 2.75) is 52.2 Å². The second-order valence-electron chi connectivity index (χ2n) is 11.9. The standard InChI is InChI=1S/C28H40N8O4/c1-28(2,3)40-27(39)34-11-8-22(9-12-34)19-33-16-14-32(15-17-33)18-21-4-6-23(7-5-21)36-20-24(30-31-36)35-13-10-25(37)29-26(35)38/h4-7,20,22H,8-19H2,1-3H3,(H,29,37,38). The van der Waals surface area contributed by atoms with Gasteiger partial charge in [0.2, 0.25) is 5.91 Å². The molecule has 12 heteroatoms. The molecule has 4 amide bonds. The molecular formula is C28H40N8O4. The smallest absolute Gasteiger partial charge is 0.410 e. The van der Waals surface area contributed by atoms with Gasteiger partial charge in [-0.05, 0) is 57.2 Å². The lowest BCUT2D eigenvalue weighted by Crippen LogP contribution is -2.49. The number of piperidine rings is 1. The number of ether oxygens (including phenoxy) is 1. The van der Waals surface area contributed by atoms with Crippen LogP contribution in [-0.4, -0.2) is 106 Å². The maximum absolute atomic E-state index is 12.3. The first kappa shape index (κ1) is 28.0. The van der Waals surface area contributed by atoms with Gasteiger partial charge in [-0.2, -0.15) is 0 Å². The van der Waals surface area contributed by atoms with Crippen LogP contribution in [0.4, 0.5) is 15.4 Å². The van der Waals surface area contributed by atoms with Crippen molar-refractivity contribution < 1.29 is 19.1 Å². The van der Waals surface area contributed by atoms with E-state index in [-0.39, 0.29) is 18.4 Å². The number of nitrogens with one attached hydrogen (secondary N) is 1. The minimum Gasteiger partial charge on any atom is -0.444 e. The van der Waals surface area contributed by atoms with Crippen LogP contribution in [0.3, 0.4) is 0 Å². The number of benzene rings is 1. The van der Waals surface area contributed by atoms with E-state index in [0.29, 0.717) is 18.3 Å². The summed E-state index contributed by atoms with van der Waals surface area (Å²) < 4.78 is 7.16. The number of aromatic nitrogens is 3. The van der Waals surface area contributed by atoms with Gasteiger partial charge in [0.15, 0.2) is 5.82 Å². The highest BCUT2D eigenvalue weighted by molar-refractivity contribution is 6.05. The van der Waals surface area contributed by atoms with E-state index in [2.05, 4.69) is 37.6 Å². The molecular weight excluding hydrogens is 512 g/mol. The van der Waals surface area contributed by atoms with Gasteiger partial charge < -0.3 is 14.5 Å². The summed E-state index contributed by atoms with van der Waals surface area (Å²) in [6.45, 7) is 13.8. The largest absolute Gasteiger partial charge is 0.444 e. The zero-order chi connectivity index (χ0) is 28.3. The molecule has 2 aromatic rings. The Morgan fingerprint density at radius 1 is 0.975 bits per heavy atom. The Labute approximate surface area is 235 Å². The summed E-state index contributed by atoms with van der Waals surface area (Å²) in [4.78, 5) is 44.1. The van der Waals surface area contributed by atoms with Gasteiger partial charge in [-0.25, -0.2) is 14.3 Å². The van der Waals surface area contributed by atoms with Gasteiger partial charge in [0.25, 0.3) is 0 Å². The third kappa shape index (κ3) is 7.16. The molecule has 4 heterocycles.